The Morgan fingerprint density at radius 2 is 2.00 bits per heavy atom. The summed E-state index contributed by atoms with van der Waals surface area (Å²) in [4.78, 5) is 11.7. The molecule has 0 heterocycles. The average molecular weight is 308 g/mol. The number of nitrogens with one attached hydrogen (secondary N) is 2. The number of hydrogen-bond acceptors (Lipinski definition) is 3. The number of fused-ring (bicyclic) bond motifs is 2. The first-order valence-corrected chi connectivity index (χ1v) is 8.66. The Bertz CT molecular complexity index is 414. The molecule has 0 saturated heterocycles. The Kier molecular flexibility index (Phi) is 5.54. The van der Waals surface area contributed by atoms with Crippen molar-refractivity contribution in [1.29, 1.82) is 0 Å². The minimum Gasteiger partial charge on any atom is -0.444 e. The van der Waals surface area contributed by atoms with Crippen LogP contribution in [0.3, 0.4) is 0 Å². The zero-order chi connectivity index (χ0) is 16.3. The quantitative estimate of drug-likeness (QED) is 0.739. The van der Waals surface area contributed by atoms with E-state index in [9.17, 15) is 4.79 Å². The monoisotopic (exact) mass is 308 g/mol. The summed E-state index contributed by atoms with van der Waals surface area (Å²) in [6, 6.07) is 0.670. The van der Waals surface area contributed by atoms with Crippen molar-refractivity contribution in [3.05, 3.63) is 12.2 Å². The Labute approximate surface area is 135 Å². The summed E-state index contributed by atoms with van der Waals surface area (Å²) >= 11 is 0. The highest BCUT2D eigenvalue weighted by molar-refractivity contribution is 5.67. The van der Waals surface area contributed by atoms with Gasteiger partial charge in [-0.3, -0.25) is 0 Å². The van der Waals surface area contributed by atoms with Crippen molar-refractivity contribution in [2.24, 2.45) is 17.8 Å². The number of hydrogen-bond donors (Lipinski definition) is 2. The lowest BCUT2D eigenvalue weighted by Crippen LogP contribution is -2.41. The molecule has 22 heavy (non-hydrogen) atoms. The fourth-order valence-electron chi connectivity index (χ4n) is 3.66. The van der Waals surface area contributed by atoms with Gasteiger partial charge in [0, 0.05) is 12.1 Å². The van der Waals surface area contributed by atoms with Crippen molar-refractivity contribution in [3.8, 4) is 0 Å². The highest BCUT2D eigenvalue weighted by atomic mass is 16.6. The zero-order valence-electron chi connectivity index (χ0n) is 14.7. The summed E-state index contributed by atoms with van der Waals surface area (Å²) in [5, 5.41) is 6.53. The van der Waals surface area contributed by atoms with E-state index in [4.69, 9.17) is 4.74 Å². The van der Waals surface area contributed by atoms with E-state index < -0.39 is 5.60 Å². The second kappa shape index (κ2) is 7.03. The van der Waals surface area contributed by atoms with Gasteiger partial charge in [-0.25, -0.2) is 4.79 Å². The Morgan fingerprint density at radius 3 is 2.55 bits per heavy atom. The van der Waals surface area contributed by atoms with Gasteiger partial charge in [-0.05, 0) is 78.2 Å². The number of carbonyl (C=O) groups is 1. The van der Waals surface area contributed by atoms with E-state index in [2.05, 4.69) is 29.7 Å². The smallest absolute Gasteiger partial charge is 0.407 e. The second-order valence-electron chi connectivity index (χ2n) is 8.02. The number of ether oxygens (including phenoxy) is 1. The molecule has 1 fully saturated rings. The maximum Gasteiger partial charge on any atom is 0.407 e. The van der Waals surface area contributed by atoms with Gasteiger partial charge in [0.2, 0.25) is 0 Å². The predicted molar refractivity (Wildman–Crippen MR) is 89.8 cm³/mol. The van der Waals surface area contributed by atoms with Gasteiger partial charge in [-0.1, -0.05) is 12.2 Å². The van der Waals surface area contributed by atoms with Crippen molar-refractivity contribution in [2.45, 2.75) is 71.6 Å². The highest BCUT2D eigenvalue weighted by Gasteiger charge is 2.38. The number of allylic oxidation sites excluding steroid dienone is 2. The molecule has 4 nitrogen and oxygen atoms in total. The SMILES string of the molecule is CC(CCNC(C)C1CC2C=CC1C2)NC(=O)OC(C)(C)C. The van der Waals surface area contributed by atoms with Gasteiger partial charge in [-0.15, -0.1) is 0 Å². The second-order valence-corrected chi connectivity index (χ2v) is 8.02. The summed E-state index contributed by atoms with van der Waals surface area (Å²) in [5.74, 6) is 2.39. The van der Waals surface area contributed by atoms with E-state index in [0.29, 0.717) is 6.04 Å². The zero-order valence-corrected chi connectivity index (χ0v) is 14.7. The summed E-state index contributed by atoms with van der Waals surface area (Å²) in [5.41, 5.74) is -0.439. The van der Waals surface area contributed by atoms with E-state index in [1.807, 2.05) is 27.7 Å². The van der Waals surface area contributed by atoms with Crippen LogP contribution < -0.4 is 10.6 Å². The molecular weight excluding hydrogens is 276 g/mol. The number of carbonyl (C=O) groups excluding carboxylic acids is 1. The molecule has 1 saturated carbocycles. The Morgan fingerprint density at radius 1 is 1.27 bits per heavy atom. The van der Waals surface area contributed by atoms with E-state index in [0.717, 1.165) is 30.7 Å². The fourth-order valence-corrected chi connectivity index (χ4v) is 3.66. The lowest BCUT2D eigenvalue weighted by Gasteiger charge is -2.27. The van der Waals surface area contributed by atoms with Crippen LogP contribution in [0, 0.1) is 17.8 Å². The van der Waals surface area contributed by atoms with Crippen LogP contribution in [0.2, 0.25) is 0 Å². The number of amides is 1. The first-order chi connectivity index (χ1) is 10.2. The molecular formula is C18H32N2O2. The van der Waals surface area contributed by atoms with Crippen LogP contribution >= 0.6 is 0 Å². The van der Waals surface area contributed by atoms with Crippen LogP contribution in [0.5, 0.6) is 0 Å². The molecule has 4 heteroatoms. The summed E-state index contributed by atoms with van der Waals surface area (Å²) in [6.07, 6.45) is 8.07. The minimum atomic E-state index is -0.439. The molecule has 2 bridgehead atoms. The molecule has 0 aromatic carbocycles. The molecule has 126 valence electrons. The number of rotatable bonds is 6. The normalized spacial score (nSPS) is 29.4. The minimum absolute atomic E-state index is 0.120. The molecule has 2 aliphatic carbocycles. The molecule has 0 spiro atoms. The van der Waals surface area contributed by atoms with Crippen LogP contribution in [-0.4, -0.2) is 30.3 Å². The maximum absolute atomic E-state index is 11.7. The third kappa shape index (κ3) is 5.01. The van der Waals surface area contributed by atoms with Crippen LogP contribution in [0.4, 0.5) is 4.79 Å². The van der Waals surface area contributed by atoms with Gasteiger partial charge >= 0.3 is 6.09 Å². The van der Waals surface area contributed by atoms with Crippen molar-refractivity contribution < 1.29 is 9.53 Å². The van der Waals surface area contributed by atoms with Gasteiger partial charge in [0.15, 0.2) is 0 Å². The lowest BCUT2D eigenvalue weighted by molar-refractivity contribution is 0.0506. The van der Waals surface area contributed by atoms with Crippen LogP contribution in [0.15, 0.2) is 12.2 Å². The first kappa shape index (κ1) is 17.3. The van der Waals surface area contributed by atoms with Crippen LogP contribution in [0.25, 0.3) is 0 Å². The van der Waals surface area contributed by atoms with Gasteiger partial charge in [-0.2, -0.15) is 0 Å². The van der Waals surface area contributed by atoms with Crippen molar-refractivity contribution in [2.75, 3.05) is 6.54 Å². The molecule has 5 unspecified atom stereocenters. The third-order valence-corrected chi connectivity index (χ3v) is 4.78. The van der Waals surface area contributed by atoms with Crippen molar-refractivity contribution >= 4 is 6.09 Å². The van der Waals surface area contributed by atoms with Gasteiger partial charge in [0.05, 0.1) is 0 Å². The molecule has 0 aliphatic heterocycles. The fraction of sp³-hybridized carbons (Fsp3) is 0.833. The largest absolute Gasteiger partial charge is 0.444 e. The standard InChI is InChI=1S/C18H32N2O2/c1-12(20-17(21)22-18(3,4)5)8-9-19-13(2)16-11-14-6-7-15(16)10-14/h6-7,12-16,19H,8-11H2,1-5H3,(H,20,21). The summed E-state index contributed by atoms with van der Waals surface area (Å²) in [7, 11) is 0. The van der Waals surface area contributed by atoms with E-state index in [1.165, 1.54) is 12.8 Å². The molecule has 2 N–H and O–H groups in total. The van der Waals surface area contributed by atoms with Crippen molar-refractivity contribution in [3.63, 3.8) is 0 Å². The molecule has 0 aromatic heterocycles. The highest BCUT2D eigenvalue weighted by Crippen LogP contribution is 2.44. The topological polar surface area (TPSA) is 50.4 Å². The average Bonchev–Trinajstić information content (AvgIpc) is 2.97. The predicted octanol–water partition coefficient (Wildman–Crippen LogP) is 3.48. The van der Waals surface area contributed by atoms with E-state index in [-0.39, 0.29) is 12.1 Å². The maximum atomic E-state index is 11.7. The Balaban J connectivity index is 1.61. The number of alkyl carbamates (subject to hydrolysis) is 1. The van der Waals surface area contributed by atoms with Crippen molar-refractivity contribution in [1.82, 2.24) is 10.6 Å². The molecule has 0 aromatic rings. The van der Waals surface area contributed by atoms with Crippen LogP contribution in [0.1, 0.15) is 53.9 Å². The van der Waals surface area contributed by atoms with Gasteiger partial charge < -0.3 is 15.4 Å². The summed E-state index contributed by atoms with van der Waals surface area (Å²) in [6.45, 7) is 10.9. The molecule has 1 amide bonds. The third-order valence-electron chi connectivity index (χ3n) is 4.78. The van der Waals surface area contributed by atoms with E-state index >= 15 is 0 Å². The lowest BCUT2D eigenvalue weighted by atomic mass is 9.87. The molecule has 2 aliphatic rings. The molecule has 2 rings (SSSR count). The van der Waals surface area contributed by atoms with Crippen LogP contribution in [-0.2, 0) is 4.74 Å². The molecule has 0 radical (unpaired) electrons. The van der Waals surface area contributed by atoms with Gasteiger partial charge in [0.25, 0.3) is 0 Å². The first-order valence-electron chi connectivity index (χ1n) is 8.66. The van der Waals surface area contributed by atoms with E-state index in [1.54, 1.807) is 0 Å². The summed E-state index contributed by atoms with van der Waals surface area (Å²) < 4.78 is 5.27. The van der Waals surface area contributed by atoms with Gasteiger partial charge in [0.1, 0.15) is 5.60 Å². The Hall–Kier alpha value is -1.03. The molecule has 5 atom stereocenters.